The highest BCUT2D eigenvalue weighted by molar-refractivity contribution is 6.32. The predicted octanol–water partition coefficient (Wildman–Crippen LogP) is 2.15. The zero-order valence-corrected chi connectivity index (χ0v) is 11.9. The van der Waals surface area contributed by atoms with Gasteiger partial charge in [0.15, 0.2) is 6.29 Å². The van der Waals surface area contributed by atoms with E-state index in [1.54, 1.807) is 6.92 Å². The number of aromatic nitrogens is 2. The molecule has 0 aliphatic carbocycles. The van der Waals surface area contributed by atoms with Crippen LogP contribution in [0.2, 0.25) is 5.15 Å². The summed E-state index contributed by atoms with van der Waals surface area (Å²) in [7, 11) is 0. The van der Waals surface area contributed by atoms with E-state index < -0.39 is 0 Å². The minimum absolute atomic E-state index is 0.211. The van der Waals surface area contributed by atoms with Gasteiger partial charge in [-0.25, -0.2) is 9.97 Å². The summed E-state index contributed by atoms with van der Waals surface area (Å²) in [5.41, 5.74) is 0.339. The number of halogens is 1. The highest BCUT2D eigenvalue weighted by Crippen LogP contribution is 2.18. The van der Waals surface area contributed by atoms with Crippen LogP contribution in [-0.2, 0) is 0 Å². The van der Waals surface area contributed by atoms with Crippen LogP contribution in [0, 0.1) is 6.92 Å². The molecule has 2 rings (SSSR count). The normalized spacial score (nSPS) is 16.3. The van der Waals surface area contributed by atoms with Gasteiger partial charge >= 0.3 is 0 Å². The van der Waals surface area contributed by atoms with E-state index in [-0.39, 0.29) is 5.15 Å². The second-order valence-electron chi connectivity index (χ2n) is 4.77. The molecule has 0 atom stereocenters. The van der Waals surface area contributed by atoms with Gasteiger partial charge < -0.3 is 10.2 Å². The quantitative estimate of drug-likeness (QED) is 0.662. The van der Waals surface area contributed by atoms with Crippen molar-refractivity contribution in [2.24, 2.45) is 0 Å². The standard InChI is InChI=1S/C13H19ClN4O/c1-10-16-12(14)11(9-19)13(17-10)15-5-8-18-6-3-2-4-7-18/h9H,2-8H2,1H3,(H,15,16,17). The van der Waals surface area contributed by atoms with E-state index in [1.165, 1.54) is 19.3 Å². The van der Waals surface area contributed by atoms with E-state index in [1.807, 2.05) is 0 Å². The summed E-state index contributed by atoms with van der Waals surface area (Å²) in [6.45, 7) is 5.79. The lowest BCUT2D eigenvalue weighted by molar-refractivity contribution is 0.112. The zero-order chi connectivity index (χ0) is 13.7. The maximum Gasteiger partial charge on any atom is 0.156 e. The molecule has 104 valence electrons. The first-order valence-electron chi connectivity index (χ1n) is 6.66. The van der Waals surface area contributed by atoms with Gasteiger partial charge in [-0.1, -0.05) is 18.0 Å². The minimum atomic E-state index is 0.211. The Morgan fingerprint density at radius 1 is 1.32 bits per heavy atom. The number of nitrogens with one attached hydrogen (secondary N) is 1. The van der Waals surface area contributed by atoms with Crippen molar-refractivity contribution in [1.82, 2.24) is 14.9 Å². The Morgan fingerprint density at radius 2 is 2.05 bits per heavy atom. The number of hydrogen-bond acceptors (Lipinski definition) is 5. The summed E-state index contributed by atoms with van der Waals surface area (Å²) in [6.07, 6.45) is 4.58. The van der Waals surface area contributed by atoms with Gasteiger partial charge in [0.05, 0.1) is 5.56 Å². The molecule has 1 aromatic rings. The minimum Gasteiger partial charge on any atom is -0.368 e. The molecule has 0 bridgehead atoms. The molecule has 0 unspecified atom stereocenters. The summed E-state index contributed by atoms with van der Waals surface area (Å²) in [6, 6.07) is 0. The average molecular weight is 283 g/mol. The number of anilines is 1. The fourth-order valence-corrected chi connectivity index (χ4v) is 2.56. The summed E-state index contributed by atoms with van der Waals surface area (Å²) >= 11 is 5.93. The van der Waals surface area contributed by atoms with Crippen LogP contribution in [0.4, 0.5) is 5.82 Å². The number of aryl methyl sites for hydroxylation is 1. The van der Waals surface area contributed by atoms with Crippen molar-refractivity contribution in [2.45, 2.75) is 26.2 Å². The molecule has 0 amide bonds. The van der Waals surface area contributed by atoms with Crippen LogP contribution in [0.3, 0.4) is 0 Å². The van der Waals surface area contributed by atoms with Crippen LogP contribution >= 0.6 is 11.6 Å². The van der Waals surface area contributed by atoms with Gasteiger partial charge in [-0.3, -0.25) is 4.79 Å². The van der Waals surface area contributed by atoms with Gasteiger partial charge in [0.25, 0.3) is 0 Å². The van der Waals surface area contributed by atoms with E-state index >= 15 is 0 Å². The van der Waals surface area contributed by atoms with Crippen molar-refractivity contribution in [3.8, 4) is 0 Å². The SMILES string of the molecule is Cc1nc(Cl)c(C=O)c(NCCN2CCCCC2)n1. The first-order chi connectivity index (χ1) is 9.20. The van der Waals surface area contributed by atoms with Gasteiger partial charge in [0.2, 0.25) is 0 Å². The smallest absolute Gasteiger partial charge is 0.156 e. The predicted molar refractivity (Wildman–Crippen MR) is 75.9 cm³/mol. The Labute approximate surface area is 118 Å². The topological polar surface area (TPSA) is 58.1 Å². The van der Waals surface area contributed by atoms with Crippen LogP contribution in [0.15, 0.2) is 0 Å². The van der Waals surface area contributed by atoms with Crippen molar-refractivity contribution >= 4 is 23.7 Å². The third kappa shape index (κ3) is 3.88. The molecule has 1 fully saturated rings. The second kappa shape index (κ2) is 6.82. The average Bonchev–Trinajstić information content (AvgIpc) is 2.39. The second-order valence-corrected chi connectivity index (χ2v) is 5.13. The van der Waals surface area contributed by atoms with Crippen LogP contribution in [0.5, 0.6) is 0 Å². The molecule has 0 saturated carbocycles. The molecule has 1 aliphatic rings. The maximum absolute atomic E-state index is 11.0. The molecule has 0 radical (unpaired) electrons. The molecule has 1 N–H and O–H groups in total. The van der Waals surface area contributed by atoms with Crippen LogP contribution in [-0.4, -0.2) is 47.3 Å². The molecule has 0 spiro atoms. The van der Waals surface area contributed by atoms with Gasteiger partial charge in [-0.2, -0.15) is 0 Å². The van der Waals surface area contributed by atoms with Gasteiger partial charge in [0.1, 0.15) is 16.8 Å². The summed E-state index contributed by atoms with van der Waals surface area (Å²) < 4.78 is 0. The Balaban J connectivity index is 1.93. The van der Waals surface area contributed by atoms with E-state index in [0.29, 0.717) is 23.5 Å². The third-order valence-corrected chi connectivity index (χ3v) is 3.59. The monoisotopic (exact) mass is 282 g/mol. The molecule has 1 aromatic heterocycles. The molecule has 5 nitrogen and oxygen atoms in total. The highest BCUT2D eigenvalue weighted by atomic mass is 35.5. The number of nitrogens with zero attached hydrogens (tertiary/aromatic N) is 3. The third-order valence-electron chi connectivity index (χ3n) is 3.30. The Morgan fingerprint density at radius 3 is 2.74 bits per heavy atom. The first-order valence-corrected chi connectivity index (χ1v) is 7.04. The molecule has 1 aliphatic heterocycles. The lowest BCUT2D eigenvalue weighted by Crippen LogP contribution is -2.34. The summed E-state index contributed by atoms with van der Waals surface area (Å²) in [4.78, 5) is 21.6. The fraction of sp³-hybridized carbons (Fsp3) is 0.615. The van der Waals surface area contributed by atoms with E-state index in [0.717, 1.165) is 26.2 Å². The Hall–Kier alpha value is -1.20. The number of rotatable bonds is 5. The van der Waals surface area contributed by atoms with Crippen molar-refractivity contribution in [1.29, 1.82) is 0 Å². The van der Waals surface area contributed by atoms with E-state index in [2.05, 4.69) is 20.2 Å². The lowest BCUT2D eigenvalue weighted by atomic mass is 10.1. The van der Waals surface area contributed by atoms with Crippen LogP contribution in [0.1, 0.15) is 35.4 Å². The number of aldehydes is 1. The number of hydrogen-bond donors (Lipinski definition) is 1. The Kier molecular flexibility index (Phi) is 5.10. The van der Waals surface area contributed by atoms with Crippen LogP contribution < -0.4 is 5.32 Å². The van der Waals surface area contributed by atoms with E-state index in [4.69, 9.17) is 11.6 Å². The number of piperidine rings is 1. The fourth-order valence-electron chi connectivity index (χ4n) is 2.30. The Bertz CT molecular complexity index is 447. The number of carbonyl (C=O) groups is 1. The highest BCUT2D eigenvalue weighted by Gasteiger charge is 2.12. The summed E-state index contributed by atoms with van der Waals surface area (Å²) in [5, 5.41) is 3.40. The van der Waals surface area contributed by atoms with Crippen molar-refractivity contribution in [3.05, 3.63) is 16.5 Å². The van der Waals surface area contributed by atoms with Crippen molar-refractivity contribution < 1.29 is 4.79 Å². The largest absolute Gasteiger partial charge is 0.368 e. The first kappa shape index (κ1) is 14.2. The van der Waals surface area contributed by atoms with Crippen molar-refractivity contribution in [3.63, 3.8) is 0 Å². The molecular weight excluding hydrogens is 264 g/mol. The zero-order valence-electron chi connectivity index (χ0n) is 11.2. The summed E-state index contributed by atoms with van der Waals surface area (Å²) in [5.74, 6) is 1.10. The van der Waals surface area contributed by atoms with Crippen molar-refractivity contribution in [2.75, 3.05) is 31.5 Å². The van der Waals surface area contributed by atoms with Gasteiger partial charge in [-0.15, -0.1) is 0 Å². The lowest BCUT2D eigenvalue weighted by Gasteiger charge is -2.26. The van der Waals surface area contributed by atoms with Gasteiger partial charge in [-0.05, 0) is 32.9 Å². The number of carbonyl (C=O) groups excluding carboxylic acids is 1. The maximum atomic E-state index is 11.0. The molecule has 19 heavy (non-hydrogen) atoms. The molecular formula is C13H19ClN4O. The molecule has 2 heterocycles. The number of likely N-dealkylation sites (tertiary alicyclic amines) is 1. The van der Waals surface area contributed by atoms with Crippen LogP contribution in [0.25, 0.3) is 0 Å². The molecule has 0 aromatic carbocycles. The van der Waals surface area contributed by atoms with Gasteiger partial charge in [0, 0.05) is 13.1 Å². The van der Waals surface area contributed by atoms with E-state index in [9.17, 15) is 4.79 Å². The molecule has 6 heteroatoms. The molecule has 1 saturated heterocycles.